The second-order valence-corrected chi connectivity index (χ2v) is 7.92. The molecule has 0 saturated heterocycles. The smallest absolute Gasteiger partial charge is 0.261 e. The summed E-state index contributed by atoms with van der Waals surface area (Å²) in [6.07, 6.45) is 5.91. The van der Waals surface area contributed by atoms with E-state index in [1.807, 2.05) is 26.0 Å². The third kappa shape index (κ3) is 4.57. The predicted molar refractivity (Wildman–Crippen MR) is 115 cm³/mol. The van der Waals surface area contributed by atoms with E-state index in [-0.39, 0.29) is 11.9 Å². The normalized spacial score (nSPS) is 15.4. The molecule has 1 aliphatic rings. The maximum absolute atomic E-state index is 13.0. The van der Waals surface area contributed by atoms with Gasteiger partial charge in [0.2, 0.25) is 0 Å². The molecule has 0 radical (unpaired) electrons. The van der Waals surface area contributed by atoms with Crippen LogP contribution in [0.15, 0.2) is 36.4 Å². The van der Waals surface area contributed by atoms with Gasteiger partial charge in [-0.2, -0.15) is 0 Å². The summed E-state index contributed by atoms with van der Waals surface area (Å²) >= 11 is 0. The van der Waals surface area contributed by atoms with E-state index in [9.17, 15) is 4.79 Å². The lowest BCUT2D eigenvalue weighted by Gasteiger charge is -2.25. The number of nitrogens with one attached hydrogen (secondary N) is 1. The number of ether oxygens (including phenoxy) is 1. The van der Waals surface area contributed by atoms with Gasteiger partial charge in [-0.1, -0.05) is 44.2 Å². The van der Waals surface area contributed by atoms with Crippen molar-refractivity contribution >= 4 is 5.91 Å². The first kappa shape index (κ1) is 20.4. The summed E-state index contributed by atoms with van der Waals surface area (Å²) in [5, 5.41) is 3.23. The van der Waals surface area contributed by atoms with E-state index in [0.29, 0.717) is 6.42 Å². The van der Waals surface area contributed by atoms with Crippen LogP contribution >= 0.6 is 0 Å². The van der Waals surface area contributed by atoms with Gasteiger partial charge in [0.15, 0.2) is 6.10 Å². The summed E-state index contributed by atoms with van der Waals surface area (Å²) in [6, 6.07) is 12.7. The summed E-state index contributed by atoms with van der Waals surface area (Å²) < 4.78 is 6.10. The average molecular weight is 380 g/mol. The van der Waals surface area contributed by atoms with Crippen molar-refractivity contribution in [2.75, 3.05) is 0 Å². The molecule has 0 spiro atoms. The summed E-state index contributed by atoms with van der Waals surface area (Å²) in [5.41, 5.74) is 6.40. The maximum atomic E-state index is 13.0. The maximum Gasteiger partial charge on any atom is 0.261 e. The van der Waals surface area contributed by atoms with Gasteiger partial charge < -0.3 is 10.1 Å². The van der Waals surface area contributed by atoms with Crippen molar-refractivity contribution in [1.29, 1.82) is 0 Å². The third-order valence-corrected chi connectivity index (χ3v) is 5.99. The Labute approximate surface area is 169 Å². The van der Waals surface area contributed by atoms with Crippen LogP contribution in [0.5, 0.6) is 5.75 Å². The average Bonchev–Trinajstić information content (AvgIpc) is 2.72. The Morgan fingerprint density at radius 3 is 2.50 bits per heavy atom. The van der Waals surface area contributed by atoms with Gasteiger partial charge in [0, 0.05) is 0 Å². The molecule has 2 aromatic carbocycles. The lowest BCUT2D eigenvalue weighted by Crippen LogP contribution is -2.40. The number of aryl methyl sites for hydroxylation is 3. The predicted octanol–water partition coefficient (Wildman–Crippen LogP) is 5.61. The monoisotopic (exact) mass is 379 g/mol. The molecule has 3 rings (SSSR count). The Kier molecular flexibility index (Phi) is 6.77. The van der Waals surface area contributed by atoms with Crippen LogP contribution < -0.4 is 10.1 Å². The molecule has 1 amide bonds. The highest BCUT2D eigenvalue weighted by Gasteiger charge is 2.23. The minimum atomic E-state index is -0.479. The Morgan fingerprint density at radius 2 is 1.79 bits per heavy atom. The molecule has 0 unspecified atom stereocenters. The van der Waals surface area contributed by atoms with Crippen molar-refractivity contribution < 1.29 is 9.53 Å². The highest BCUT2D eigenvalue weighted by molar-refractivity contribution is 5.81. The molecule has 1 N–H and O–H groups in total. The fourth-order valence-corrected chi connectivity index (χ4v) is 3.98. The quantitative estimate of drug-likeness (QED) is 0.679. The van der Waals surface area contributed by atoms with Gasteiger partial charge in [-0.05, 0) is 86.3 Å². The largest absolute Gasteiger partial charge is 0.480 e. The molecule has 2 aromatic rings. The molecule has 28 heavy (non-hydrogen) atoms. The van der Waals surface area contributed by atoms with Crippen LogP contribution in [0.2, 0.25) is 0 Å². The van der Waals surface area contributed by atoms with Gasteiger partial charge >= 0.3 is 0 Å². The van der Waals surface area contributed by atoms with Crippen LogP contribution in [-0.4, -0.2) is 12.0 Å². The van der Waals surface area contributed by atoms with Gasteiger partial charge in [0.25, 0.3) is 5.91 Å². The Hall–Kier alpha value is -2.29. The second kappa shape index (κ2) is 9.27. The van der Waals surface area contributed by atoms with E-state index in [0.717, 1.165) is 24.2 Å². The van der Waals surface area contributed by atoms with Crippen LogP contribution in [0.4, 0.5) is 0 Å². The molecule has 0 saturated carbocycles. The van der Waals surface area contributed by atoms with Crippen LogP contribution in [0.3, 0.4) is 0 Å². The first-order chi connectivity index (χ1) is 13.5. The molecule has 1 aliphatic carbocycles. The highest BCUT2D eigenvalue weighted by atomic mass is 16.5. The zero-order valence-corrected chi connectivity index (χ0v) is 17.7. The Balaban J connectivity index is 1.72. The van der Waals surface area contributed by atoms with Crippen molar-refractivity contribution in [3.05, 3.63) is 64.2 Å². The third-order valence-electron chi connectivity index (χ3n) is 5.99. The van der Waals surface area contributed by atoms with Gasteiger partial charge in [-0.25, -0.2) is 0 Å². The molecule has 0 aliphatic heterocycles. The van der Waals surface area contributed by atoms with Crippen molar-refractivity contribution in [2.24, 2.45) is 0 Å². The summed E-state index contributed by atoms with van der Waals surface area (Å²) in [6.45, 7) is 8.22. The SMILES string of the molecule is CC[C@H](Oc1cccc(C)c1C)C(=O)N[C@@H](CC)c1ccc2c(c1)CCCC2. The van der Waals surface area contributed by atoms with Crippen LogP contribution in [0.1, 0.15) is 73.4 Å². The molecular weight excluding hydrogens is 346 g/mol. The number of hydrogen-bond donors (Lipinski definition) is 1. The Morgan fingerprint density at radius 1 is 1.04 bits per heavy atom. The van der Waals surface area contributed by atoms with Gasteiger partial charge in [0.05, 0.1) is 6.04 Å². The minimum Gasteiger partial charge on any atom is -0.480 e. The molecule has 2 atom stereocenters. The van der Waals surface area contributed by atoms with E-state index >= 15 is 0 Å². The van der Waals surface area contributed by atoms with Crippen LogP contribution in [0, 0.1) is 13.8 Å². The van der Waals surface area contributed by atoms with Crippen LogP contribution in [0.25, 0.3) is 0 Å². The molecule has 0 bridgehead atoms. The molecule has 3 heteroatoms. The van der Waals surface area contributed by atoms with E-state index < -0.39 is 6.10 Å². The molecule has 3 nitrogen and oxygen atoms in total. The lowest BCUT2D eigenvalue weighted by molar-refractivity contribution is -0.129. The number of carbonyl (C=O) groups excluding carboxylic acids is 1. The number of fused-ring (bicyclic) bond motifs is 1. The first-order valence-electron chi connectivity index (χ1n) is 10.7. The Bertz CT molecular complexity index is 827. The summed E-state index contributed by atoms with van der Waals surface area (Å²) in [5.74, 6) is 0.761. The number of benzene rings is 2. The van der Waals surface area contributed by atoms with E-state index in [1.165, 1.54) is 41.5 Å². The topological polar surface area (TPSA) is 38.3 Å². The fraction of sp³-hybridized carbons (Fsp3) is 0.480. The zero-order chi connectivity index (χ0) is 20.1. The summed E-state index contributed by atoms with van der Waals surface area (Å²) in [4.78, 5) is 13.0. The highest BCUT2D eigenvalue weighted by Crippen LogP contribution is 2.27. The second-order valence-electron chi connectivity index (χ2n) is 7.92. The summed E-state index contributed by atoms with van der Waals surface area (Å²) in [7, 11) is 0. The number of amides is 1. The van der Waals surface area contributed by atoms with E-state index in [2.05, 4.69) is 43.4 Å². The van der Waals surface area contributed by atoms with Crippen LogP contribution in [-0.2, 0) is 17.6 Å². The standard InChI is InChI=1S/C25H33NO2/c1-5-22(21-15-14-19-11-7-8-12-20(19)16-21)26-25(27)23(6-2)28-24-13-9-10-17(3)18(24)4/h9-10,13-16,22-23H,5-8,11-12H2,1-4H3,(H,26,27)/t22-,23-/m0/s1. The van der Waals surface area contributed by atoms with Crippen molar-refractivity contribution in [1.82, 2.24) is 5.32 Å². The van der Waals surface area contributed by atoms with Crippen molar-refractivity contribution in [3.63, 3.8) is 0 Å². The van der Waals surface area contributed by atoms with Gasteiger partial charge in [-0.15, -0.1) is 0 Å². The zero-order valence-electron chi connectivity index (χ0n) is 17.7. The number of carbonyl (C=O) groups is 1. The molecule has 0 aromatic heterocycles. The van der Waals surface area contributed by atoms with Crippen molar-refractivity contribution in [2.45, 2.75) is 78.4 Å². The molecule has 0 fully saturated rings. The number of rotatable bonds is 7. The first-order valence-corrected chi connectivity index (χ1v) is 10.7. The minimum absolute atomic E-state index is 0.0241. The molecule has 150 valence electrons. The molecule has 0 heterocycles. The van der Waals surface area contributed by atoms with E-state index in [1.54, 1.807) is 0 Å². The number of hydrogen-bond acceptors (Lipinski definition) is 2. The molecular formula is C25H33NO2. The van der Waals surface area contributed by atoms with Crippen molar-refractivity contribution in [3.8, 4) is 5.75 Å². The van der Waals surface area contributed by atoms with Gasteiger partial charge in [0.1, 0.15) is 5.75 Å². The fourth-order valence-electron chi connectivity index (χ4n) is 3.98. The van der Waals surface area contributed by atoms with E-state index in [4.69, 9.17) is 4.74 Å². The lowest BCUT2D eigenvalue weighted by atomic mass is 9.88. The van der Waals surface area contributed by atoms with Gasteiger partial charge in [-0.3, -0.25) is 4.79 Å².